The summed E-state index contributed by atoms with van der Waals surface area (Å²) in [4.78, 5) is 14.6. The molecule has 0 radical (unpaired) electrons. The average Bonchev–Trinajstić information content (AvgIpc) is 2.89. The summed E-state index contributed by atoms with van der Waals surface area (Å²) in [6, 6.07) is 0. The third-order valence-electron chi connectivity index (χ3n) is 4.86. The normalized spacial score (nSPS) is 29.4. The maximum atomic E-state index is 12.6. The first kappa shape index (κ1) is 13.9. The minimum absolute atomic E-state index is 0.247. The van der Waals surface area contributed by atoms with E-state index in [4.69, 9.17) is 0 Å². The molecule has 104 valence electrons. The Morgan fingerprint density at radius 1 is 1.28 bits per heavy atom. The Balaban J connectivity index is 1.90. The zero-order valence-electron chi connectivity index (χ0n) is 12.0. The Morgan fingerprint density at radius 2 is 2.00 bits per heavy atom. The number of nitrogens with zero attached hydrogens (tertiary/aromatic N) is 1. The number of carbonyl (C=O) groups is 1. The molecule has 0 aromatic carbocycles. The Hall–Kier alpha value is -0.570. The summed E-state index contributed by atoms with van der Waals surface area (Å²) in [5.41, 5.74) is -0.247. The van der Waals surface area contributed by atoms with Crippen molar-refractivity contribution in [2.45, 2.75) is 63.8 Å². The van der Waals surface area contributed by atoms with E-state index < -0.39 is 0 Å². The van der Waals surface area contributed by atoms with Gasteiger partial charge in [0, 0.05) is 13.6 Å². The smallest absolute Gasteiger partial charge is 0.242 e. The third-order valence-corrected chi connectivity index (χ3v) is 4.86. The van der Waals surface area contributed by atoms with Gasteiger partial charge in [-0.25, -0.2) is 0 Å². The lowest BCUT2D eigenvalue weighted by atomic mass is 9.87. The van der Waals surface area contributed by atoms with Crippen molar-refractivity contribution in [1.29, 1.82) is 0 Å². The second kappa shape index (κ2) is 6.05. The largest absolute Gasteiger partial charge is 0.344 e. The van der Waals surface area contributed by atoms with Crippen molar-refractivity contribution < 1.29 is 4.79 Å². The van der Waals surface area contributed by atoms with Gasteiger partial charge in [-0.1, -0.05) is 26.2 Å². The van der Waals surface area contributed by atoms with Crippen molar-refractivity contribution >= 4 is 5.91 Å². The second-order valence-electron chi connectivity index (χ2n) is 6.16. The first-order valence-electron chi connectivity index (χ1n) is 7.68. The van der Waals surface area contributed by atoms with Gasteiger partial charge in [0.05, 0.1) is 5.54 Å². The van der Waals surface area contributed by atoms with Gasteiger partial charge in [0.25, 0.3) is 0 Å². The highest BCUT2D eigenvalue weighted by molar-refractivity contribution is 5.86. The molecule has 1 heterocycles. The van der Waals surface area contributed by atoms with Crippen LogP contribution in [-0.4, -0.2) is 36.5 Å². The monoisotopic (exact) mass is 252 g/mol. The van der Waals surface area contributed by atoms with Crippen LogP contribution in [0.3, 0.4) is 0 Å². The van der Waals surface area contributed by atoms with Gasteiger partial charge in [0.2, 0.25) is 5.91 Å². The molecule has 2 fully saturated rings. The molecule has 1 aliphatic heterocycles. The van der Waals surface area contributed by atoms with E-state index in [1.165, 1.54) is 32.1 Å². The van der Waals surface area contributed by atoms with Crippen molar-refractivity contribution in [2.24, 2.45) is 5.92 Å². The standard InChI is InChI=1S/C15H28N2O/c1-3-15(10-7-11-16-15)14(18)17(2)12-13-8-5-4-6-9-13/h13,16H,3-12H2,1-2H3. The molecule has 18 heavy (non-hydrogen) atoms. The fourth-order valence-electron chi connectivity index (χ4n) is 3.65. The number of hydrogen-bond donors (Lipinski definition) is 1. The molecule has 0 aromatic heterocycles. The summed E-state index contributed by atoms with van der Waals surface area (Å²) >= 11 is 0. The second-order valence-corrected chi connectivity index (χ2v) is 6.16. The van der Waals surface area contributed by atoms with Gasteiger partial charge in [-0.2, -0.15) is 0 Å². The van der Waals surface area contributed by atoms with Crippen LogP contribution in [0.4, 0.5) is 0 Å². The van der Waals surface area contributed by atoms with Crippen molar-refractivity contribution in [3.8, 4) is 0 Å². The Morgan fingerprint density at radius 3 is 2.56 bits per heavy atom. The van der Waals surface area contributed by atoms with Crippen molar-refractivity contribution in [3.05, 3.63) is 0 Å². The quantitative estimate of drug-likeness (QED) is 0.834. The number of carbonyl (C=O) groups excluding carboxylic acids is 1. The highest BCUT2D eigenvalue weighted by atomic mass is 16.2. The Bertz CT molecular complexity index is 278. The van der Waals surface area contributed by atoms with Crippen LogP contribution < -0.4 is 5.32 Å². The molecule has 0 spiro atoms. The predicted octanol–water partition coefficient (Wildman–Crippen LogP) is 2.56. The number of hydrogen-bond acceptors (Lipinski definition) is 2. The van der Waals surface area contributed by atoms with Crippen LogP contribution in [0.15, 0.2) is 0 Å². The molecule has 1 amide bonds. The topological polar surface area (TPSA) is 32.3 Å². The van der Waals surface area contributed by atoms with Gasteiger partial charge >= 0.3 is 0 Å². The van der Waals surface area contributed by atoms with Crippen LogP contribution >= 0.6 is 0 Å². The van der Waals surface area contributed by atoms with Gasteiger partial charge < -0.3 is 10.2 Å². The SMILES string of the molecule is CCC1(C(=O)N(C)CC2CCCCC2)CCCN1. The van der Waals surface area contributed by atoms with Gasteiger partial charge in [-0.05, 0) is 44.6 Å². The summed E-state index contributed by atoms with van der Waals surface area (Å²) in [6.45, 7) is 4.09. The first-order chi connectivity index (χ1) is 8.68. The minimum Gasteiger partial charge on any atom is -0.344 e. The fourth-order valence-corrected chi connectivity index (χ4v) is 3.65. The Labute approximate surface area is 111 Å². The maximum absolute atomic E-state index is 12.6. The number of amides is 1. The Kier molecular flexibility index (Phi) is 4.66. The van der Waals surface area contributed by atoms with Gasteiger partial charge in [0.1, 0.15) is 0 Å². The molecule has 2 rings (SSSR count). The fraction of sp³-hybridized carbons (Fsp3) is 0.933. The molecular formula is C15H28N2O. The van der Waals surface area contributed by atoms with Crippen molar-refractivity contribution in [1.82, 2.24) is 10.2 Å². The number of nitrogens with one attached hydrogen (secondary N) is 1. The average molecular weight is 252 g/mol. The zero-order valence-corrected chi connectivity index (χ0v) is 12.0. The van der Waals surface area contributed by atoms with E-state index in [1.807, 2.05) is 11.9 Å². The molecule has 1 saturated carbocycles. The molecule has 0 aromatic rings. The maximum Gasteiger partial charge on any atom is 0.242 e. The molecule has 1 atom stereocenters. The lowest BCUT2D eigenvalue weighted by molar-refractivity contribution is -0.137. The molecule has 1 saturated heterocycles. The molecule has 1 N–H and O–H groups in total. The highest BCUT2D eigenvalue weighted by Crippen LogP contribution is 2.28. The van der Waals surface area contributed by atoms with Gasteiger partial charge in [-0.3, -0.25) is 4.79 Å². The summed E-state index contributed by atoms with van der Waals surface area (Å²) in [5, 5.41) is 3.45. The van der Waals surface area contributed by atoms with E-state index in [0.717, 1.165) is 38.3 Å². The van der Waals surface area contributed by atoms with Gasteiger partial charge in [-0.15, -0.1) is 0 Å². The highest BCUT2D eigenvalue weighted by Gasteiger charge is 2.41. The lowest BCUT2D eigenvalue weighted by Gasteiger charge is -2.34. The molecule has 0 bridgehead atoms. The number of rotatable bonds is 4. The van der Waals surface area contributed by atoms with E-state index in [0.29, 0.717) is 5.91 Å². The molecule has 3 nitrogen and oxygen atoms in total. The predicted molar refractivity (Wildman–Crippen MR) is 74.5 cm³/mol. The summed E-state index contributed by atoms with van der Waals surface area (Å²) in [5.74, 6) is 1.07. The van der Waals surface area contributed by atoms with E-state index in [9.17, 15) is 4.79 Å². The van der Waals surface area contributed by atoms with Crippen molar-refractivity contribution in [2.75, 3.05) is 20.1 Å². The van der Waals surface area contributed by atoms with Crippen LogP contribution in [0, 0.1) is 5.92 Å². The van der Waals surface area contributed by atoms with E-state index >= 15 is 0 Å². The number of likely N-dealkylation sites (N-methyl/N-ethyl adjacent to an activating group) is 1. The lowest BCUT2D eigenvalue weighted by Crippen LogP contribution is -2.54. The van der Waals surface area contributed by atoms with Crippen molar-refractivity contribution in [3.63, 3.8) is 0 Å². The van der Waals surface area contributed by atoms with E-state index in [2.05, 4.69) is 12.2 Å². The van der Waals surface area contributed by atoms with Crippen LogP contribution in [0.25, 0.3) is 0 Å². The summed E-state index contributed by atoms with van der Waals surface area (Å²) in [7, 11) is 1.99. The van der Waals surface area contributed by atoms with Crippen LogP contribution in [0.2, 0.25) is 0 Å². The van der Waals surface area contributed by atoms with Crippen LogP contribution in [0.1, 0.15) is 58.3 Å². The zero-order chi connectivity index (χ0) is 13.0. The first-order valence-corrected chi connectivity index (χ1v) is 7.68. The van der Waals surface area contributed by atoms with Crippen LogP contribution in [-0.2, 0) is 4.79 Å². The third kappa shape index (κ3) is 2.87. The molecule has 3 heteroatoms. The molecule has 2 aliphatic rings. The van der Waals surface area contributed by atoms with E-state index in [-0.39, 0.29) is 5.54 Å². The molecule has 1 unspecified atom stereocenters. The van der Waals surface area contributed by atoms with Gasteiger partial charge in [0.15, 0.2) is 0 Å². The van der Waals surface area contributed by atoms with Crippen LogP contribution in [0.5, 0.6) is 0 Å². The van der Waals surface area contributed by atoms with E-state index in [1.54, 1.807) is 0 Å². The minimum atomic E-state index is -0.247. The summed E-state index contributed by atoms with van der Waals surface area (Å²) in [6.07, 6.45) is 9.77. The summed E-state index contributed by atoms with van der Waals surface area (Å²) < 4.78 is 0. The molecular weight excluding hydrogens is 224 g/mol. The molecule has 1 aliphatic carbocycles.